The van der Waals surface area contributed by atoms with E-state index in [1.165, 1.54) is 12.1 Å². The standard InChI is InChI=1S/C9H5BrF3N/c10-7-2-1-6-3-4-14(8(6)5-7)9(11,12)13/h1-5H. The van der Waals surface area contributed by atoms with Crippen molar-refractivity contribution in [1.82, 2.24) is 4.57 Å². The highest BCUT2D eigenvalue weighted by Gasteiger charge is 2.31. The topological polar surface area (TPSA) is 4.93 Å². The molecule has 1 aromatic carbocycles. The van der Waals surface area contributed by atoms with Crippen LogP contribution in [0.2, 0.25) is 0 Å². The van der Waals surface area contributed by atoms with E-state index in [4.69, 9.17) is 0 Å². The predicted octanol–water partition coefficient (Wildman–Crippen LogP) is 3.88. The lowest BCUT2D eigenvalue weighted by Crippen LogP contribution is -2.14. The molecular weight excluding hydrogens is 259 g/mol. The van der Waals surface area contributed by atoms with Gasteiger partial charge < -0.3 is 0 Å². The zero-order chi connectivity index (χ0) is 10.3. The van der Waals surface area contributed by atoms with E-state index in [2.05, 4.69) is 15.9 Å². The summed E-state index contributed by atoms with van der Waals surface area (Å²) < 4.78 is 38.2. The third-order valence-electron chi connectivity index (χ3n) is 1.93. The quantitative estimate of drug-likeness (QED) is 0.680. The van der Waals surface area contributed by atoms with Crippen LogP contribution in [0, 0.1) is 0 Å². The molecule has 0 radical (unpaired) electrons. The van der Waals surface area contributed by atoms with E-state index in [1.807, 2.05) is 0 Å². The molecule has 0 saturated heterocycles. The van der Waals surface area contributed by atoms with Gasteiger partial charge in [0, 0.05) is 10.7 Å². The van der Waals surface area contributed by atoms with Crippen LogP contribution in [0.3, 0.4) is 0 Å². The summed E-state index contributed by atoms with van der Waals surface area (Å²) in [6, 6.07) is 6.24. The van der Waals surface area contributed by atoms with Crippen molar-refractivity contribution < 1.29 is 13.2 Å². The van der Waals surface area contributed by atoms with Crippen molar-refractivity contribution in [3.63, 3.8) is 0 Å². The van der Waals surface area contributed by atoms with Gasteiger partial charge in [-0.05, 0) is 23.6 Å². The van der Waals surface area contributed by atoms with Gasteiger partial charge in [0.2, 0.25) is 0 Å². The molecule has 0 N–H and O–H groups in total. The summed E-state index contributed by atoms with van der Waals surface area (Å²) >= 11 is 3.14. The Morgan fingerprint density at radius 1 is 1.14 bits per heavy atom. The number of alkyl halides is 3. The van der Waals surface area contributed by atoms with Gasteiger partial charge in [0.1, 0.15) is 0 Å². The second kappa shape index (κ2) is 3.02. The summed E-state index contributed by atoms with van der Waals surface area (Å²) in [5.41, 5.74) is 0.159. The van der Waals surface area contributed by atoms with Crippen molar-refractivity contribution in [2.24, 2.45) is 0 Å². The van der Waals surface area contributed by atoms with Gasteiger partial charge in [-0.3, -0.25) is 4.57 Å². The van der Waals surface area contributed by atoms with Gasteiger partial charge in [0.25, 0.3) is 0 Å². The van der Waals surface area contributed by atoms with Crippen molar-refractivity contribution in [3.05, 3.63) is 34.9 Å². The minimum atomic E-state index is -4.36. The number of hydrogen-bond donors (Lipinski definition) is 0. The van der Waals surface area contributed by atoms with Crippen LogP contribution in [0.1, 0.15) is 0 Å². The fourth-order valence-electron chi connectivity index (χ4n) is 1.32. The van der Waals surface area contributed by atoms with Crippen LogP contribution >= 0.6 is 15.9 Å². The predicted molar refractivity (Wildman–Crippen MR) is 50.9 cm³/mol. The zero-order valence-corrected chi connectivity index (χ0v) is 8.43. The van der Waals surface area contributed by atoms with Crippen molar-refractivity contribution in [3.8, 4) is 0 Å². The van der Waals surface area contributed by atoms with Crippen LogP contribution in [0.5, 0.6) is 0 Å². The van der Waals surface area contributed by atoms with Crippen LogP contribution in [0.25, 0.3) is 10.9 Å². The minimum absolute atomic E-state index is 0.159. The Morgan fingerprint density at radius 3 is 2.50 bits per heavy atom. The number of rotatable bonds is 0. The molecule has 0 fully saturated rings. The van der Waals surface area contributed by atoms with E-state index in [0.717, 1.165) is 6.20 Å². The molecule has 0 aliphatic rings. The Hall–Kier alpha value is -0.970. The molecule has 0 spiro atoms. The summed E-state index contributed by atoms with van der Waals surface area (Å²) in [5, 5.41) is 0.575. The normalized spacial score (nSPS) is 12.3. The molecule has 5 heteroatoms. The van der Waals surface area contributed by atoms with Crippen LogP contribution in [0.15, 0.2) is 34.9 Å². The van der Waals surface area contributed by atoms with E-state index < -0.39 is 6.30 Å². The molecule has 0 bridgehead atoms. The monoisotopic (exact) mass is 263 g/mol. The lowest BCUT2D eigenvalue weighted by molar-refractivity contribution is -0.200. The Labute approximate surface area is 86.3 Å². The Bertz CT molecular complexity index is 472. The third kappa shape index (κ3) is 1.52. The lowest BCUT2D eigenvalue weighted by Gasteiger charge is -2.08. The number of fused-ring (bicyclic) bond motifs is 1. The van der Waals surface area contributed by atoms with Gasteiger partial charge >= 0.3 is 6.30 Å². The molecule has 0 unspecified atom stereocenters. The number of nitrogens with zero attached hydrogens (tertiary/aromatic N) is 1. The first kappa shape index (κ1) is 9.58. The van der Waals surface area contributed by atoms with Crippen LogP contribution in [0.4, 0.5) is 13.2 Å². The van der Waals surface area contributed by atoms with Gasteiger partial charge in [-0.25, -0.2) is 0 Å². The zero-order valence-electron chi connectivity index (χ0n) is 6.85. The summed E-state index contributed by atoms with van der Waals surface area (Å²) in [4.78, 5) is 0. The smallest absolute Gasteiger partial charge is 0.259 e. The van der Waals surface area contributed by atoms with Gasteiger partial charge in [-0.2, -0.15) is 0 Å². The second-order valence-corrected chi connectivity index (χ2v) is 3.77. The molecule has 0 amide bonds. The second-order valence-electron chi connectivity index (χ2n) is 2.86. The van der Waals surface area contributed by atoms with Crippen molar-refractivity contribution >= 4 is 26.8 Å². The molecule has 1 aromatic heterocycles. The average molecular weight is 264 g/mol. The van der Waals surface area contributed by atoms with Crippen molar-refractivity contribution in [1.29, 1.82) is 0 Å². The van der Waals surface area contributed by atoms with E-state index in [9.17, 15) is 13.2 Å². The summed E-state index contributed by atoms with van der Waals surface area (Å²) in [6.07, 6.45) is -3.33. The molecule has 2 aromatic rings. The highest BCUT2D eigenvalue weighted by molar-refractivity contribution is 9.10. The lowest BCUT2D eigenvalue weighted by atomic mass is 10.2. The van der Waals surface area contributed by atoms with E-state index >= 15 is 0 Å². The fourth-order valence-corrected chi connectivity index (χ4v) is 1.67. The number of halogens is 4. The maximum Gasteiger partial charge on any atom is 0.488 e. The number of aromatic nitrogens is 1. The maximum absolute atomic E-state index is 12.4. The maximum atomic E-state index is 12.4. The summed E-state index contributed by atoms with van der Waals surface area (Å²) in [7, 11) is 0. The van der Waals surface area contributed by atoms with Gasteiger partial charge in [-0.15, -0.1) is 13.2 Å². The van der Waals surface area contributed by atoms with E-state index in [0.29, 0.717) is 14.4 Å². The minimum Gasteiger partial charge on any atom is -0.259 e. The molecular formula is C9H5BrF3N. The number of hydrogen-bond acceptors (Lipinski definition) is 0. The Kier molecular flexibility index (Phi) is 2.06. The molecule has 0 saturated carbocycles. The Morgan fingerprint density at radius 2 is 1.86 bits per heavy atom. The molecule has 2 rings (SSSR count). The molecule has 1 heterocycles. The summed E-state index contributed by atoms with van der Waals surface area (Å²) in [5.74, 6) is 0. The number of benzene rings is 1. The molecule has 0 atom stereocenters. The molecule has 14 heavy (non-hydrogen) atoms. The van der Waals surface area contributed by atoms with Crippen molar-refractivity contribution in [2.75, 3.05) is 0 Å². The first-order valence-electron chi connectivity index (χ1n) is 3.82. The third-order valence-corrected chi connectivity index (χ3v) is 2.42. The largest absolute Gasteiger partial charge is 0.488 e. The molecule has 0 aliphatic heterocycles. The average Bonchev–Trinajstić information content (AvgIpc) is 2.45. The highest BCUT2D eigenvalue weighted by Crippen LogP contribution is 2.29. The molecule has 0 aliphatic carbocycles. The SMILES string of the molecule is FC(F)(F)n1ccc2ccc(Br)cc21. The van der Waals surface area contributed by atoms with E-state index in [-0.39, 0.29) is 5.52 Å². The first-order valence-corrected chi connectivity index (χ1v) is 4.61. The molecule has 74 valence electrons. The van der Waals surface area contributed by atoms with Crippen LogP contribution in [-0.4, -0.2) is 4.57 Å². The van der Waals surface area contributed by atoms with E-state index in [1.54, 1.807) is 12.1 Å². The van der Waals surface area contributed by atoms with Gasteiger partial charge in [-0.1, -0.05) is 22.0 Å². The van der Waals surface area contributed by atoms with Gasteiger partial charge in [0.05, 0.1) is 5.52 Å². The van der Waals surface area contributed by atoms with Gasteiger partial charge in [0.15, 0.2) is 0 Å². The Balaban J connectivity index is 2.73. The molecule has 1 nitrogen and oxygen atoms in total. The van der Waals surface area contributed by atoms with Crippen molar-refractivity contribution in [2.45, 2.75) is 6.30 Å². The van der Waals surface area contributed by atoms with Crippen LogP contribution < -0.4 is 0 Å². The first-order chi connectivity index (χ1) is 6.48. The highest BCUT2D eigenvalue weighted by atomic mass is 79.9. The summed E-state index contributed by atoms with van der Waals surface area (Å²) in [6.45, 7) is 0. The fraction of sp³-hybridized carbons (Fsp3) is 0.111. The van der Waals surface area contributed by atoms with Crippen LogP contribution in [-0.2, 0) is 6.30 Å².